The maximum atomic E-state index is 13.3. The Morgan fingerprint density at radius 1 is 1.00 bits per heavy atom. The first kappa shape index (κ1) is 24.0. The van der Waals surface area contributed by atoms with Gasteiger partial charge in [0.15, 0.2) is 0 Å². The summed E-state index contributed by atoms with van der Waals surface area (Å²) in [6.07, 6.45) is 0.0932. The molecule has 0 fully saturated rings. The van der Waals surface area contributed by atoms with Crippen molar-refractivity contribution in [2.24, 2.45) is 0 Å². The molecule has 0 spiro atoms. The second-order valence-corrected chi connectivity index (χ2v) is 7.97. The summed E-state index contributed by atoms with van der Waals surface area (Å²) in [6, 6.07) is 22.9. The number of halogens is 1. The number of rotatable bonds is 9. The summed E-state index contributed by atoms with van der Waals surface area (Å²) in [5.74, 6) is 1.84. The van der Waals surface area contributed by atoms with E-state index in [2.05, 4.69) is 4.98 Å². The number of aromatic nitrogens is 1. The third kappa shape index (κ3) is 6.47. The Morgan fingerprint density at radius 3 is 2.49 bits per heavy atom. The molecule has 7 heteroatoms. The molecule has 1 aromatic heterocycles. The van der Waals surface area contributed by atoms with Gasteiger partial charge in [-0.2, -0.15) is 0 Å². The lowest BCUT2D eigenvalue weighted by Gasteiger charge is -2.20. The maximum Gasteiger partial charge on any atom is 0.415 e. The molecule has 0 unspecified atom stereocenters. The minimum Gasteiger partial charge on any atom is -0.493 e. The molecule has 0 atom stereocenters. The van der Waals surface area contributed by atoms with Crippen molar-refractivity contribution in [3.8, 4) is 23.0 Å². The van der Waals surface area contributed by atoms with E-state index in [1.807, 2.05) is 68.4 Å². The van der Waals surface area contributed by atoms with Crippen LogP contribution in [0.15, 0.2) is 83.3 Å². The highest BCUT2D eigenvalue weighted by Gasteiger charge is 2.15. The lowest BCUT2D eigenvalue weighted by molar-refractivity contribution is 0.152. The Balaban J connectivity index is 1.28. The summed E-state index contributed by atoms with van der Waals surface area (Å²) in [6.45, 7) is 5.05. The van der Waals surface area contributed by atoms with E-state index in [0.29, 0.717) is 32.0 Å². The van der Waals surface area contributed by atoms with Gasteiger partial charge in [0.2, 0.25) is 5.89 Å². The summed E-state index contributed by atoms with van der Waals surface area (Å²) in [5, 5.41) is 0. The first-order valence-corrected chi connectivity index (χ1v) is 11.5. The number of hydrogen-bond acceptors (Lipinski definition) is 5. The summed E-state index contributed by atoms with van der Waals surface area (Å²) in [4.78, 5) is 18.6. The molecule has 0 aliphatic heterocycles. The van der Waals surface area contributed by atoms with Crippen molar-refractivity contribution in [2.75, 3.05) is 13.2 Å². The number of carbonyl (C=O) groups is 1. The van der Waals surface area contributed by atoms with Gasteiger partial charge in [-0.3, -0.25) is 0 Å². The van der Waals surface area contributed by atoms with E-state index in [1.165, 1.54) is 18.2 Å². The van der Waals surface area contributed by atoms with Crippen molar-refractivity contribution < 1.29 is 23.1 Å². The molecule has 1 heterocycles. The van der Waals surface area contributed by atoms with Gasteiger partial charge in [0.1, 0.15) is 23.1 Å². The Hall–Kier alpha value is -4.13. The van der Waals surface area contributed by atoms with Crippen LogP contribution in [0.2, 0.25) is 0 Å². The largest absolute Gasteiger partial charge is 0.493 e. The molecule has 35 heavy (non-hydrogen) atoms. The van der Waals surface area contributed by atoms with E-state index in [9.17, 15) is 9.18 Å². The van der Waals surface area contributed by atoms with Gasteiger partial charge in [-0.05, 0) is 55.8 Å². The van der Waals surface area contributed by atoms with Crippen LogP contribution in [0.5, 0.6) is 11.5 Å². The average Bonchev–Trinajstić information content (AvgIpc) is 3.24. The van der Waals surface area contributed by atoms with Crippen LogP contribution in [0.4, 0.5) is 9.18 Å². The molecular weight excluding hydrogens is 447 g/mol. The van der Waals surface area contributed by atoms with Crippen LogP contribution in [-0.2, 0) is 13.0 Å². The summed E-state index contributed by atoms with van der Waals surface area (Å²) in [5.41, 5.74) is 2.74. The van der Waals surface area contributed by atoms with Gasteiger partial charge >= 0.3 is 6.09 Å². The molecule has 0 saturated carbocycles. The molecule has 0 saturated heterocycles. The normalized spacial score (nSPS) is 10.7. The van der Waals surface area contributed by atoms with Crippen molar-refractivity contribution in [1.29, 1.82) is 0 Å². The lowest BCUT2D eigenvalue weighted by Crippen LogP contribution is -2.32. The molecule has 4 rings (SSSR count). The predicted molar refractivity (Wildman–Crippen MR) is 131 cm³/mol. The van der Waals surface area contributed by atoms with Crippen LogP contribution in [0.1, 0.15) is 23.9 Å². The van der Waals surface area contributed by atoms with E-state index in [4.69, 9.17) is 13.9 Å². The molecule has 0 bridgehead atoms. The average molecular weight is 475 g/mol. The number of ether oxygens (including phenoxy) is 2. The number of aryl methyl sites for hydroxylation is 1. The zero-order chi connectivity index (χ0) is 24.6. The second kappa shape index (κ2) is 11.3. The van der Waals surface area contributed by atoms with Gasteiger partial charge in [-0.15, -0.1) is 0 Å². The number of hydrogen-bond donors (Lipinski definition) is 0. The van der Waals surface area contributed by atoms with Crippen LogP contribution >= 0.6 is 0 Å². The second-order valence-electron chi connectivity index (χ2n) is 7.97. The standard InChI is InChI=1S/C28H27FN2O4/c1-3-31(28(32)35-25-11-7-10-23(29)18-25)19-21-12-14-24(15-13-21)33-17-16-26-20(2)34-27(30-26)22-8-5-4-6-9-22/h4-15,18H,3,16-17,19H2,1-2H3. The summed E-state index contributed by atoms with van der Waals surface area (Å²) < 4.78 is 30.3. The highest BCUT2D eigenvalue weighted by molar-refractivity contribution is 5.70. The van der Waals surface area contributed by atoms with Crippen LogP contribution in [-0.4, -0.2) is 29.1 Å². The first-order chi connectivity index (χ1) is 17.0. The van der Waals surface area contributed by atoms with Crippen molar-refractivity contribution >= 4 is 6.09 Å². The van der Waals surface area contributed by atoms with Gasteiger partial charge in [0.05, 0.1) is 12.3 Å². The topological polar surface area (TPSA) is 64.8 Å². The summed E-state index contributed by atoms with van der Waals surface area (Å²) >= 11 is 0. The SMILES string of the molecule is CCN(Cc1ccc(OCCc2nc(-c3ccccc3)oc2C)cc1)C(=O)Oc1cccc(F)c1. The molecule has 0 aliphatic rings. The summed E-state index contributed by atoms with van der Waals surface area (Å²) in [7, 11) is 0. The van der Waals surface area contributed by atoms with Crippen molar-refractivity contribution in [3.05, 3.63) is 102 Å². The molecule has 0 aliphatic carbocycles. The Bertz CT molecular complexity index is 1260. The molecule has 0 N–H and O–H groups in total. The highest BCUT2D eigenvalue weighted by atomic mass is 19.1. The zero-order valence-electron chi connectivity index (χ0n) is 19.7. The van der Waals surface area contributed by atoms with Gasteiger partial charge < -0.3 is 18.8 Å². The Labute approximate surface area is 203 Å². The highest BCUT2D eigenvalue weighted by Crippen LogP contribution is 2.22. The van der Waals surface area contributed by atoms with Crippen molar-refractivity contribution in [2.45, 2.75) is 26.8 Å². The Kier molecular flexibility index (Phi) is 7.77. The van der Waals surface area contributed by atoms with E-state index >= 15 is 0 Å². The Morgan fingerprint density at radius 2 is 1.77 bits per heavy atom. The number of carbonyl (C=O) groups excluding carboxylic acids is 1. The van der Waals surface area contributed by atoms with Crippen LogP contribution in [0.25, 0.3) is 11.5 Å². The van der Waals surface area contributed by atoms with Crippen molar-refractivity contribution in [3.63, 3.8) is 0 Å². The predicted octanol–water partition coefficient (Wildman–Crippen LogP) is 6.43. The fourth-order valence-electron chi connectivity index (χ4n) is 3.54. The third-order valence-electron chi connectivity index (χ3n) is 5.46. The maximum absolute atomic E-state index is 13.3. The first-order valence-electron chi connectivity index (χ1n) is 11.5. The smallest absolute Gasteiger partial charge is 0.415 e. The molecule has 4 aromatic rings. The lowest BCUT2D eigenvalue weighted by atomic mass is 10.2. The van der Waals surface area contributed by atoms with Crippen LogP contribution in [0.3, 0.4) is 0 Å². The van der Waals surface area contributed by atoms with Gasteiger partial charge in [0, 0.05) is 31.1 Å². The molecule has 6 nitrogen and oxygen atoms in total. The monoisotopic (exact) mass is 474 g/mol. The van der Waals surface area contributed by atoms with Gasteiger partial charge in [-0.1, -0.05) is 36.4 Å². The number of benzene rings is 3. The van der Waals surface area contributed by atoms with E-state index < -0.39 is 11.9 Å². The molecule has 0 radical (unpaired) electrons. The van der Waals surface area contributed by atoms with Gasteiger partial charge in [0.25, 0.3) is 0 Å². The number of oxazole rings is 1. The van der Waals surface area contributed by atoms with Crippen molar-refractivity contribution in [1.82, 2.24) is 9.88 Å². The molecular formula is C28H27FN2O4. The molecule has 1 amide bonds. The van der Waals surface area contributed by atoms with E-state index in [1.54, 1.807) is 11.0 Å². The van der Waals surface area contributed by atoms with Crippen LogP contribution < -0.4 is 9.47 Å². The molecule has 180 valence electrons. The number of nitrogens with zero attached hydrogens (tertiary/aromatic N) is 2. The fourth-order valence-corrected chi connectivity index (χ4v) is 3.54. The van der Waals surface area contributed by atoms with Gasteiger partial charge in [-0.25, -0.2) is 14.2 Å². The zero-order valence-corrected chi connectivity index (χ0v) is 19.7. The van der Waals surface area contributed by atoms with E-state index in [-0.39, 0.29) is 5.75 Å². The molecule has 3 aromatic carbocycles. The fraction of sp³-hybridized carbons (Fsp3) is 0.214. The minimum atomic E-state index is -0.531. The quantitative estimate of drug-likeness (QED) is 0.280. The number of amides is 1. The van der Waals surface area contributed by atoms with Crippen LogP contribution in [0, 0.1) is 12.7 Å². The minimum absolute atomic E-state index is 0.176. The third-order valence-corrected chi connectivity index (χ3v) is 5.46. The van der Waals surface area contributed by atoms with E-state index in [0.717, 1.165) is 28.3 Å².